The van der Waals surface area contributed by atoms with E-state index in [-0.39, 0.29) is 30.3 Å². The van der Waals surface area contributed by atoms with E-state index in [1.54, 1.807) is 28.1 Å². The summed E-state index contributed by atoms with van der Waals surface area (Å²) < 4.78 is 5.49. The first-order chi connectivity index (χ1) is 14.1. The Balaban J connectivity index is 1.45. The van der Waals surface area contributed by atoms with Crippen molar-refractivity contribution in [2.45, 2.75) is 30.4 Å². The smallest absolute Gasteiger partial charge is 0.252 e. The van der Waals surface area contributed by atoms with E-state index >= 15 is 0 Å². The highest BCUT2D eigenvalue weighted by molar-refractivity contribution is 7.98. The Labute approximate surface area is 177 Å². The monoisotopic (exact) mass is 430 g/mol. The first-order valence-electron chi connectivity index (χ1n) is 9.53. The molecule has 1 N–H and O–H groups in total. The van der Waals surface area contributed by atoms with Crippen molar-refractivity contribution in [3.05, 3.63) is 58.3 Å². The van der Waals surface area contributed by atoms with Crippen LogP contribution in [0.2, 0.25) is 0 Å². The van der Waals surface area contributed by atoms with Gasteiger partial charge in [0.05, 0.1) is 11.7 Å². The van der Waals surface area contributed by atoms with Crippen molar-refractivity contribution in [3.63, 3.8) is 0 Å². The SMILES string of the molecule is O=C(N[C@@H](CSCc1ccccc1)C(=O)N1CCC2OCC(=O)C21)c1ccsc1. The van der Waals surface area contributed by atoms with Gasteiger partial charge in [0, 0.05) is 23.4 Å². The van der Waals surface area contributed by atoms with Crippen LogP contribution in [0.3, 0.4) is 0 Å². The van der Waals surface area contributed by atoms with Gasteiger partial charge in [-0.05, 0) is 23.4 Å². The summed E-state index contributed by atoms with van der Waals surface area (Å²) in [5, 5.41) is 6.47. The number of nitrogens with one attached hydrogen (secondary N) is 1. The normalized spacial score (nSPS) is 21.8. The molecule has 2 aromatic rings. The predicted octanol–water partition coefficient (Wildman–Crippen LogP) is 2.35. The zero-order valence-electron chi connectivity index (χ0n) is 15.8. The summed E-state index contributed by atoms with van der Waals surface area (Å²) in [5.74, 6) is 0.649. The highest BCUT2D eigenvalue weighted by Crippen LogP contribution is 2.28. The van der Waals surface area contributed by atoms with Gasteiger partial charge in [-0.3, -0.25) is 14.4 Å². The molecule has 0 radical (unpaired) electrons. The van der Waals surface area contributed by atoms with Gasteiger partial charge in [0.2, 0.25) is 5.91 Å². The van der Waals surface area contributed by atoms with Crippen LogP contribution in [0, 0.1) is 0 Å². The Hall–Kier alpha value is -2.16. The fourth-order valence-electron chi connectivity index (χ4n) is 3.72. The first kappa shape index (κ1) is 20.1. The number of hydrogen-bond donors (Lipinski definition) is 1. The summed E-state index contributed by atoms with van der Waals surface area (Å²) in [6.45, 7) is 0.544. The molecule has 0 aliphatic carbocycles. The molecule has 2 aliphatic rings. The summed E-state index contributed by atoms with van der Waals surface area (Å²) in [6, 6.07) is 10.5. The number of ether oxygens (including phenoxy) is 1. The fourth-order valence-corrected chi connectivity index (χ4v) is 5.36. The third-order valence-electron chi connectivity index (χ3n) is 5.18. The largest absolute Gasteiger partial charge is 0.368 e. The Kier molecular flexibility index (Phi) is 6.32. The van der Waals surface area contributed by atoms with E-state index in [9.17, 15) is 14.4 Å². The lowest BCUT2D eigenvalue weighted by Crippen LogP contribution is -2.53. The van der Waals surface area contributed by atoms with E-state index in [1.165, 1.54) is 11.3 Å². The average Bonchev–Trinajstić information content (AvgIpc) is 3.47. The quantitative estimate of drug-likeness (QED) is 0.730. The molecule has 8 heteroatoms. The van der Waals surface area contributed by atoms with Gasteiger partial charge in [-0.25, -0.2) is 0 Å². The molecule has 2 unspecified atom stereocenters. The number of nitrogens with zero attached hydrogens (tertiary/aromatic N) is 1. The van der Waals surface area contributed by atoms with Gasteiger partial charge >= 0.3 is 0 Å². The van der Waals surface area contributed by atoms with E-state index in [4.69, 9.17) is 4.74 Å². The highest BCUT2D eigenvalue weighted by Gasteiger charge is 2.48. The molecular formula is C21H22N2O4S2. The molecular weight excluding hydrogens is 408 g/mol. The summed E-state index contributed by atoms with van der Waals surface area (Å²) in [7, 11) is 0. The second-order valence-corrected chi connectivity index (χ2v) is 8.93. The number of carbonyl (C=O) groups is 3. The molecule has 2 fully saturated rings. The molecule has 2 saturated heterocycles. The van der Waals surface area contributed by atoms with Crippen LogP contribution in [0.15, 0.2) is 47.2 Å². The molecule has 1 aromatic heterocycles. The lowest BCUT2D eigenvalue weighted by atomic mass is 10.1. The van der Waals surface area contributed by atoms with E-state index in [2.05, 4.69) is 5.32 Å². The minimum Gasteiger partial charge on any atom is -0.368 e. The third-order valence-corrected chi connectivity index (χ3v) is 6.97. The van der Waals surface area contributed by atoms with Gasteiger partial charge < -0.3 is 15.0 Å². The lowest BCUT2D eigenvalue weighted by Gasteiger charge is -2.27. The Morgan fingerprint density at radius 2 is 2.10 bits per heavy atom. The minimum absolute atomic E-state index is 0.0549. The second-order valence-electron chi connectivity index (χ2n) is 7.12. The van der Waals surface area contributed by atoms with Crippen LogP contribution >= 0.6 is 23.1 Å². The fraction of sp³-hybridized carbons (Fsp3) is 0.381. The number of amides is 2. The second kappa shape index (κ2) is 9.11. The molecule has 0 spiro atoms. The van der Waals surface area contributed by atoms with Crippen LogP contribution in [0.4, 0.5) is 0 Å². The number of thiophene rings is 1. The molecule has 3 heterocycles. The lowest BCUT2D eigenvalue weighted by molar-refractivity contribution is -0.137. The Morgan fingerprint density at radius 3 is 2.86 bits per heavy atom. The number of likely N-dealkylation sites (tertiary alicyclic amines) is 1. The van der Waals surface area contributed by atoms with Crippen LogP contribution in [0.5, 0.6) is 0 Å². The van der Waals surface area contributed by atoms with Crippen LogP contribution in [0.25, 0.3) is 0 Å². The van der Waals surface area contributed by atoms with E-state index in [0.29, 0.717) is 24.3 Å². The average molecular weight is 431 g/mol. The number of thioether (sulfide) groups is 1. The van der Waals surface area contributed by atoms with Gasteiger partial charge in [-0.2, -0.15) is 23.1 Å². The van der Waals surface area contributed by atoms with Gasteiger partial charge in [0.15, 0.2) is 5.78 Å². The van der Waals surface area contributed by atoms with Crippen molar-refractivity contribution >= 4 is 40.7 Å². The van der Waals surface area contributed by atoms with Crippen LogP contribution in [-0.2, 0) is 20.1 Å². The molecule has 2 amide bonds. The topological polar surface area (TPSA) is 75.7 Å². The minimum atomic E-state index is -0.691. The van der Waals surface area contributed by atoms with Gasteiger partial charge in [0.25, 0.3) is 5.91 Å². The van der Waals surface area contributed by atoms with Gasteiger partial charge in [0.1, 0.15) is 18.7 Å². The third kappa shape index (κ3) is 4.55. The molecule has 0 bridgehead atoms. The van der Waals surface area contributed by atoms with Crippen LogP contribution in [0.1, 0.15) is 22.3 Å². The highest BCUT2D eigenvalue weighted by atomic mass is 32.2. The zero-order chi connectivity index (χ0) is 20.2. The van der Waals surface area contributed by atoms with E-state index < -0.39 is 12.1 Å². The standard InChI is InChI=1S/C21H22N2O4S2/c24-17-10-27-18-6-8-23(19(17)18)21(26)16(22-20(25)15-7-9-28-12-15)13-29-11-14-4-2-1-3-5-14/h1-5,7,9,12,16,18-19H,6,8,10-11,13H2,(H,22,25)/t16-,18?,19?/m0/s1. The summed E-state index contributed by atoms with van der Waals surface area (Å²) in [6.07, 6.45) is 0.446. The Bertz CT molecular complexity index is 872. The maximum atomic E-state index is 13.3. The van der Waals surface area contributed by atoms with Gasteiger partial charge in [-0.1, -0.05) is 30.3 Å². The molecule has 4 rings (SSSR count). The number of carbonyl (C=O) groups excluding carboxylic acids is 3. The van der Waals surface area contributed by atoms with Crippen LogP contribution in [-0.4, -0.2) is 59.6 Å². The Morgan fingerprint density at radius 1 is 1.28 bits per heavy atom. The van der Waals surface area contributed by atoms with Crippen molar-refractivity contribution < 1.29 is 19.1 Å². The van der Waals surface area contributed by atoms with Crippen LogP contribution < -0.4 is 5.32 Å². The molecule has 29 heavy (non-hydrogen) atoms. The maximum absolute atomic E-state index is 13.3. The molecule has 6 nitrogen and oxygen atoms in total. The van der Waals surface area contributed by atoms with Crippen molar-refractivity contribution in [2.24, 2.45) is 0 Å². The summed E-state index contributed by atoms with van der Waals surface area (Å²) in [4.78, 5) is 39.6. The molecule has 2 aliphatic heterocycles. The summed E-state index contributed by atoms with van der Waals surface area (Å²) >= 11 is 3.03. The van der Waals surface area contributed by atoms with Crippen molar-refractivity contribution in [3.8, 4) is 0 Å². The van der Waals surface area contributed by atoms with E-state index in [1.807, 2.05) is 35.7 Å². The molecule has 152 valence electrons. The summed E-state index contributed by atoms with van der Waals surface area (Å²) in [5.41, 5.74) is 1.70. The van der Waals surface area contributed by atoms with Crippen molar-refractivity contribution in [2.75, 3.05) is 18.9 Å². The maximum Gasteiger partial charge on any atom is 0.252 e. The number of benzene rings is 1. The van der Waals surface area contributed by atoms with Gasteiger partial charge in [-0.15, -0.1) is 0 Å². The number of hydrogen-bond acceptors (Lipinski definition) is 6. The predicted molar refractivity (Wildman–Crippen MR) is 113 cm³/mol. The molecule has 1 aromatic carbocycles. The zero-order valence-corrected chi connectivity index (χ0v) is 17.4. The van der Waals surface area contributed by atoms with Crippen molar-refractivity contribution in [1.82, 2.24) is 10.2 Å². The number of fused-ring (bicyclic) bond motifs is 1. The molecule has 0 saturated carbocycles. The number of Topliss-reactive ketones (excluding diaryl/α,β-unsaturated/α-hetero) is 1. The molecule has 3 atom stereocenters. The van der Waals surface area contributed by atoms with E-state index in [0.717, 1.165) is 11.3 Å². The first-order valence-corrected chi connectivity index (χ1v) is 11.6. The number of rotatable bonds is 7. The number of ketones is 1. The van der Waals surface area contributed by atoms with Crippen molar-refractivity contribution in [1.29, 1.82) is 0 Å².